The topological polar surface area (TPSA) is 84.6 Å². The van der Waals surface area contributed by atoms with Crippen LogP contribution in [0.4, 0.5) is 0 Å². The molecule has 0 atom stereocenters. The van der Waals surface area contributed by atoms with Gasteiger partial charge in [-0.05, 0) is 72.5 Å². The van der Waals surface area contributed by atoms with Crippen molar-refractivity contribution in [1.29, 1.82) is 0 Å². The number of aromatic nitrogens is 2. The van der Waals surface area contributed by atoms with Gasteiger partial charge in [-0.3, -0.25) is 4.79 Å². The van der Waals surface area contributed by atoms with Crippen LogP contribution in [-0.2, 0) is 11.3 Å². The molecule has 0 aliphatic rings. The van der Waals surface area contributed by atoms with E-state index in [-0.39, 0.29) is 12.2 Å². The van der Waals surface area contributed by atoms with E-state index in [9.17, 15) is 9.90 Å². The van der Waals surface area contributed by atoms with Crippen molar-refractivity contribution in [2.24, 2.45) is 0 Å². The van der Waals surface area contributed by atoms with E-state index in [1.54, 1.807) is 12.1 Å². The van der Waals surface area contributed by atoms with E-state index >= 15 is 0 Å². The summed E-state index contributed by atoms with van der Waals surface area (Å²) in [5.41, 5.74) is 5.09. The maximum atomic E-state index is 10.6. The van der Waals surface area contributed by atoms with Crippen LogP contribution in [0.5, 0.6) is 11.5 Å². The zero-order valence-corrected chi connectivity index (χ0v) is 19.6. The average Bonchev–Trinajstić information content (AvgIpc) is 3.30. The average molecular weight is 469 g/mol. The SMILES string of the molecule is CCn1cc(-c2ccc(O)cc2)nc1/C=C/c1ccc(-c2ccc(OCCCC(=O)O)cc2)cc1. The molecule has 35 heavy (non-hydrogen) atoms. The van der Waals surface area contributed by atoms with Gasteiger partial charge in [0.25, 0.3) is 0 Å². The van der Waals surface area contributed by atoms with Crippen LogP contribution in [0.25, 0.3) is 34.5 Å². The van der Waals surface area contributed by atoms with Crippen LogP contribution in [0, 0.1) is 0 Å². The first-order valence-corrected chi connectivity index (χ1v) is 11.6. The van der Waals surface area contributed by atoms with Crippen molar-refractivity contribution in [2.45, 2.75) is 26.3 Å². The van der Waals surface area contributed by atoms with Gasteiger partial charge in [-0.2, -0.15) is 0 Å². The maximum absolute atomic E-state index is 10.6. The fraction of sp³-hybridized carbons (Fsp3) is 0.172. The first-order chi connectivity index (χ1) is 17.0. The molecule has 0 fully saturated rings. The lowest BCUT2D eigenvalue weighted by molar-refractivity contribution is -0.137. The molecular formula is C29H28N2O4. The molecular weight excluding hydrogens is 440 g/mol. The number of ether oxygens (including phenoxy) is 1. The van der Waals surface area contributed by atoms with Crippen LogP contribution in [0.15, 0.2) is 79.0 Å². The van der Waals surface area contributed by atoms with Gasteiger partial charge in [-0.15, -0.1) is 0 Å². The van der Waals surface area contributed by atoms with Gasteiger partial charge in [0.05, 0.1) is 12.3 Å². The van der Waals surface area contributed by atoms with Gasteiger partial charge in [-0.25, -0.2) is 4.98 Å². The van der Waals surface area contributed by atoms with Gasteiger partial charge < -0.3 is 19.5 Å². The molecule has 0 saturated carbocycles. The molecule has 6 heteroatoms. The van der Waals surface area contributed by atoms with E-state index in [1.807, 2.05) is 54.7 Å². The summed E-state index contributed by atoms with van der Waals surface area (Å²) in [4.78, 5) is 15.3. The highest BCUT2D eigenvalue weighted by atomic mass is 16.5. The van der Waals surface area contributed by atoms with Crippen LogP contribution in [0.2, 0.25) is 0 Å². The third-order valence-electron chi connectivity index (χ3n) is 5.64. The number of carbonyl (C=O) groups is 1. The summed E-state index contributed by atoms with van der Waals surface area (Å²) in [7, 11) is 0. The first kappa shape index (κ1) is 23.8. The largest absolute Gasteiger partial charge is 0.508 e. The number of phenolic OH excluding ortho intramolecular Hbond substituents is 1. The minimum Gasteiger partial charge on any atom is -0.508 e. The number of rotatable bonds is 10. The fourth-order valence-corrected chi connectivity index (χ4v) is 3.70. The van der Waals surface area contributed by atoms with Gasteiger partial charge in [0.1, 0.15) is 17.3 Å². The van der Waals surface area contributed by atoms with Crippen molar-refractivity contribution in [3.8, 4) is 33.9 Å². The monoisotopic (exact) mass is 468 g/mol. The first-order valence-electron chi connectivity index (χ1n) is 11.6. The molecule has 0 bridgehead atoms. The summed E-state index contributed by atoms with van der Waals surface area (Å²) in [6, 6.07) is 23.2. The van der Waals surface area contributed by atoms with Crippen LogP contribution in [-0.4, -0.2) is 32.3 Å². The molecule has 0 aliphatic carbocycles. The molecule has 0 amide bonds. The van der Waals surface area contributed by atoms with E-state index in [0.29, 0.717) is 13.0 Å². The van der Waals surface area contributed by atoms with E-state index in [1.165, 1.54) is 0 Å². The molecule has 0 aliphatic heterocycles. The van der Waals surface area contributed by atoms with Gasteiger partial charge >= 0.3 is 5.97 Å². The molecule has 1 aromatic heterocycles. The number of phenols is 1. The fourth-order valence-electron chi connectivity index (χ4n) is 3.70. The van der Waals surface area contributed by atoms with Gasteiger partial charge in [0, 0.05) is 24.7 Å². The molecule has 0 saturated heterocycles. The van der Waals surface area contributed by atoms with Crippen molar-refractivity contribution >= 4 is 18.1 Å². The van der Waals surface area contributed by atoms with Gasteiger partial charge in [0.15, 0.2) is 0 Å². The molecule has 2 N–H and O–H groups in total. The number of aromatic hydroxyl groups is 1. The second kappa shape index (κ2) is 11.2. The number of hydrogen-bond acceptors (Lipinski definition) is 4. The summed E-state index contributed by atoms with van der Waals surface area (Å²) in [5.74, 6) is 1.04. The predicted octanol–water partition coefficient (Wildman–Crippen LogP) is 6.36. The van der Waals surface area contributed by atoms with Crippen molar-refractivity contribution in [3.05, 3.63) is 90.4 Å². The number of aryl methyl sites for hydroxylation is 1. The molecule has 0 radical (unpaired) electrons. The Balaban J connectivity index is 1.41. The summed E-state index contributed by atoms with van der Waals surface area (Å²) in [5, 5.41) is 18.2. The van der Waals surface area contributed by atoms with Crippen molar-refractivity contribution < 1.29 is 19.7 Å². The maximum Gasteiger partial charge on any atom is 0.303 e. The number of nitrogens with zero attached hydrogens (tertiary/aromatic N) is 2. The lowest BCUT2D eigenvalue weighted by atomic mass is 10.0. The standard InChI is InChI=1S/C29H28N2O4/c1-2-31-20-27(24-10-14-25(32)15-11-24)30-28(31)18-7-21-5-8-22(9-6-21)23-12-16-26(17-13-23)35-19-3-4-29(33)34/h5-18,20,32H,2-4,19H2,1H3,(H,33,34)/b18-7+. The third-order valence-corrected chi connectivity index (χ3v) is 5.64. The van der Waals surface area contributed by atoms with Crippen LogP contribution in [0.3, 0.4) is 0 Å². The molecule has 4 aromatic rings. The quantitative estimate of drug-likeness (QED) is 0.265. The zero-order valence-electron chi connectivity index (χ0n) is 19.6. The molecule has 4 rings (SSSR count). The molecule has 3 aromatic carbocycles. The van der Waals surface area contributed by atoms with Crippen molar-refractivity contribution in [3.63, 3.8) is 0 Å². The van der Waals surface area contributed by atoms with Crippen molar-refractivity contribution in [1.82, 2.24) is 9.55 Å². The van der Waals surface area contributed by atoms with Crippen LogP contribution in [0.1, 0.15) is 31.2 Å². The highest BCUT2D eigenvalue weighted by molar-refractivity contribution is 5.72. The van der Waals surface area contributed by atoms with Gasteiger partial charge in [-0.1, -0.05) is 42.5 Å². The smallest absolute Gasteiger partial charge is 0.303 e. The van der Waals surface area contributed by atoms with E-state index in [4.69, 9.17) is 14.8 Å². The summed E-state index contributed by atoms with van der Waals surface area (Å²) in [6.45, 7) is 3.28. The Hall–Kier alpha value is -4.32. The Labute approximate surface area is 204 Å². The lowest BCUT2D eigenvalue weighted by Gasteiger charge is -2.07. The molecule has 0 unspecified atom stereocenters. The third kappa shape index (κ3) is 6.38. The summed E-state index contributed by atoms with van der Waals surface area (Å²) >= 11 is 0. The second-order valence-corrected chi connectivity index (χ2v) is 8.14. The molecule has 1 heterocycles. The minimum absolute atomic E-state index is 0.110. The van der Waals surface area contributed by atoms with Crippen LogP contribution < -0.4 is 4.74 Å². The van der Waals surface area contributed by atoms with Gasteiger partial charge in [0.2, 0.25) is 0 Å². The number of hydrogen-bond donors (Lipinski definition) is 2. The minimum atomic E-state index is -0.809. The number of imidazole rings is 1. The number of carboxylic acids is 1. The van der Waals surface area contributed by atoms with E-state index < -0.39 is 5.97 Å². The summed E-state index contributed by atoms with van der Waals surface area (Å²) in [6.07, 6.45) is 6.68. The molecule has 178 valence electrons. The highest BCUT2D eigenvalue weighted by Gasteiger charge is 2.07. The Morgan fingerprint density at radius 3 is 2.17 bits per heavy atom. The molecule has 6 nitrogen and oxygen atoms in total. The lowest BCUT2D eigenvalue weighted by Crippen LogP contribution is -2.01. The normalized spacial score (nSPS) is 11.1. The number of aliphatic carboxylic acids is 1. The number of benzene rings is 3. The van der Waals surface area contributed by atoms with Crippen molar-refractivity contribution in [2.75, 3.05) is 6.61 Å². The Kier molecular flexibility index (Phi) is 7.63. The zero-order chi connectivity index (χ0) is 24.6. The Morgan fingerprint density at radius 2 is 1.54 bits per heavy atom. The van der Waals surface area contributed by atoms with Crippen LogP contribution >= 0.6 is 0 Å². The predicted molar refractivity (Wildman–Crippen MR) is 138 cm³/mol. The summed E-state index contributed by atoms with van der Waals surface area (Å²) < 4.78 is 7.70. The second-order valence-electron chi connectivity index (χ2n) is 8.14. The van der Waals surface area contributed by atoms with E-state index in [0.717, 1.165) is 46.1 Å². The number of carboxylic acid groups (broad SMARTS) is 1. The highest BCUT2D eigenvalue weighted by Crippen LogP contribution is 2.25. The Bertz CT molecular complexity index is 1290. The van der Waals surface area contributed by atoms with E-state index in [2.05, 4.69) is 35.8 Å². The Morgan fingerprint density at radius 1 is 0.914 bits per heavy atom. The molecule has 0 spiro atoms.